The topological polar surface area (TPSA) is 113 Å². The van der Waals surface area contributed by atoms with Crippen LogP contribution < -0.4 is 5.32 Å². The molecule has 2 N–H and O–H groups in total. The first-order valence-electron chi connectivity index (χ1n) is 6.58. The smallest absolute Gasteiger partial charge is 0.414 e. The van der Waals surface area contributed by atoms with Gasteiger partial charge in [-0.2, -0.15) is 0 Å². The lowest BCUT2D eigenvalue weighted by Crippen LogP contribution is -2.33. The van der Waals surface area contributed by atoms with Crippen LogP contribution in [0.15, 0.2) is 0 Å². The van der Waals surface area contributed by atoms with Gasteiger partial charge in [-0.05, 0) is 67.8 Å². The second-order valence-electron chi connectivity index (χ2n) is 4.70. The third-order valence-electron chi connectivity index (χ3n) is 3.04. The molecule has 11 heteroatoms. The monoisotopic (exact) mass is 686 g/mol. The van der Waals surface area contributed by atoms with E-state index >= 15 is 0 Å². The summed E-state index contributed by atoms with van der Waals surface area (Å²) >= 11 is 5.68. The fourth-order valence-corrected chi connectivity index (χ4v) is 6.05. The van der Waals surface area contributed by atoms with E-state index in [0.29, 0.717) is 27.6 Å². The Kier molecular flexibility index (Phi) is 8.96. The van der Waals surface area contributed by atoms with E-state index in [-0.39, 0.29) is 30.1 Å². The van der Waals surface area contributed by atoms with Gasteiger partial charge in [0.2, 0.25) is 0 Å². The molecular formula is C14H13I3N2O6. The predicted octanol–water partition coefficient (Wildman–Crippen LogP) is 2.69. The Hall–Kier alpha value is -0.550. The zero-order chi connectivity index (χ0) is 19.3. The number of nitrogens with one attached hydrogen (secondary N) is 1. The standard InChI is InChI=1S/C14H13I3N2O6/c1-19(14(23)24)13(22)8-9(15)7(4-20)10(16)12(11(8)17)18-3-6(21)5-25-2/h4,18H,3,5H2,1-2H3,(H,23,24). The van der Waals surface area contributed by atoms with Crippen molar-refractivity contribution in [2.45, 2.75) is 0 Å². The summed E-state index contributed by atoms with van der Waals surface area (Å²) in [6.07, 6.45) is -0.813. The minimum absolute atomic E-state index is 0.0544. The van der Waals surface area contributed by atoms with Crippen molar-refractivity contribution in [1.82, 2.24) is 4.90 Å². The Morgan fingerprint density at radius 2 is 1.80 bits per heavy atom. The molecular weight excluding hydrogens is 673 g/mol. The van der Waals surface area contributed by atoms with E-state index in [2.05, 4.69) is 5.32 Å². The number of ketones is 1. The molecule has 136 valence electrons. The predicted molar refractivity (Wildman–Crippen MR) is 115 cm³/mol. The molecule has 0 aliphatic carbocycles. The van der Waals surface area contributed by atoms with Gasteiger partial charge in [-0.1, -0.05) is 0 Å². The first-order valence-corrected chi connectivity index (χ1v) is 9.82. The van der Waals surface area contributed by atoms with Crippen molar-refractivity contribution in [1.29, 1.82) is 0 Å². The number of hydrogen-bond donors (Lipinski definition) is 2. The van der Waals surface area contributed by atoms with E-state index in [9.17, 15) is 19.2 Å². The molecule has 0 heterocycles. The van der Waals surface area contributed by atoms with Crippen LogP contribution in [0.3, 0.4) is 0 Å². The molecule has 0 spiro atoms. The summed E-state index contributed by atoms with van der Waals surface area (Å²) in [5, 5.41) is 11.9. The first kappa shape index (κ1) is 22.5. The van der Waals surface area contributed by atoms with Gasteiger partial charge in [0.05, 0.1) is 21.4 Å². The van der Waals surface area contributed by atoms with Crippen molar-refractivity contribution in [3.63, 3.8) is 0 Å². The molecule has 0 atom stereocenters. The van der Waals surface area contributed by atoms with Crippen LogP contribution in [0, 0.1) is 10.7 Å². The van der Waals surface area contributed by atoms with Crippen LogP contribution in [0.5, 0.6) is 0 Å². The third kappa shape index (κ3) is 5.22. The molecule has 0 bridgehead atoms. The van der Waals surface area contributed by atoms with Gasteiger partial charge in [0.15, 0.2) is 12.1 Å². The molecule has 1 aromatic carbocycles. The highest BCUT2D eigenvalue weighted by molar-refractivity contribution is 14.1. The molecule has 1 aromatic rings. The molecule has 2 amide bonds. The van der Waals surface area contributed by atoms with Crippen molar-refractivity contribution < 1.29 is 29.0 Å². The van der Waals surface area contributed by atoms with Crippen molar-refractivity contribution in [2.75, 3.05) is 32.6 Å². The van der Waals surface area contributed by atoms with E-state index in [1.165, 1.54) is 7.11 Å². The number of carbonyl (C=O) groups is 4. The van der Waals surface area contributed by atoms with E-state index in [0.717, 1.165) is 7.05 Å². The highest BCUT2D eigenvalue weighted by Crippen LogP contribution is 2.35. The summed E-state index contributed by atoms with van der Waals surface area (Å²) in [6.45, 7) is -0.125. The normalized spacial score (nSPS) is 10.3. The molecule has 0 aliphatic rings. The zero-order valence-corrected chi connectivity index (χ0v) is 19.5. The Bertz CT molecular complexity index is 738. The van der Waals surface area contributed by atoms with Gasteiger partial charge in [-0.3, -0.25) is 14.4 Å². The number of aldehydes is 1. The highest BCUT2D eigenvalue weighted by atomic mass is 127. The van der Waals surface area contributed by atoms with Crippen molar-refractivity contribution in [2.24, 2.45) is 0 Å². The largest absolute Gasteiger partial charge is 0.465 e. The van der Waals surface area contributed by atoms with Gasteiger partial charge in [-0.15, -0.1) is 0 Å². The summed E-state index contributed by atoms with van der Waals surface area (Å²) < 4.78 is 6.09. The first-order chi connectivity index (χ1) is 11.7. The van der Waals surface area contributed by atoms with E-state index < -0.39 is 12.0 Å². The van der Waals surface area contributed by atoms with E-state index in [1.807, 2.05) is 67.8 Å². The Balaban J connectivity index is 3.46. The minimum atomic E-state index is -1.41. The average molecular weight is 686 g/mol. The maximum atomic E-state index is 12.5. The zero-order valence-electron chi connectivity index (χ0n) is 13.1. The van der Waals surface area contributed by atoms with Crippen LogP contribution >= 0.6 is 67.8 Å². The van der Waals surface area contributed by atoms with E-state index in [1.54, 1.807) is 0 Å². The molecule has 0 aliphatic heterocycles. The van der Waals surface area contributed by atoms with Crippen molar-refractivity contribution >= 4 is 97.5 Å². The van der Waals surface area contributed by atoms with E-state index in [4.69, 9.17) is 9.84 Å². The number of nitrogens with zero attached hydrogens (tertiary/aromatic N) is 1. The van der Waals surface area contributed by atoms with Gasteiger partial charge < -0.3 is 15.2 Å². The molecule has 0 aromatic heterocycles. The summed E-state index contributed by atoms with van der Waals surface area (Å²) in [5.74, 6) is -0.970. The molecule has 0 radical (unpaired) electrons. The van der Waals surface area contributed by atoms with Crippen LogP contribution in [0.1, 0.15) is 20.7 Å². The second-order valence-corrected chi connectivity index (χ2v) is 7.93. The number of halogens is 3. The lowest BCUT2D eigenvalue weighted by molar-refractivity contribution is -0.120. The quantitative estimate of drug-likeness (QED) is 0.336. The molecule has 0 fully saturated rings. The number of rotatable bonds is 7. The number of carbonyl (C=O) groups excluding carboxylic acids is 3. The fourth-order valence-electron chi connectivity index (χ4n) is 1.78. The van der Waals surface area contributed by atoms with Crippen molar-refractivity contribution in [3.8, 4) is 0 Å². The number of carboxylic acid groups (broad SMARTS) is 1. The number of anilines is 1. The number of Topliss-reactive ketones (excluding diaryl/α,β-unsaturated/α-hetero) is 1. The summed E-state index contributed by atoms with van der Waals surface area (Å²) in [7, 11) is 2.53. The maximum Gasteiger partial charge on any atom is 0.414 e. The van der Waals surface area contributed by atoms with Crippen molar-refractivity contribution in [3.05, 3.63) is 21.8 Å². The SMILES string of the molecule is COCC(=O)CNc1c(I)c(C=O)c(I)c(C(=O)N(C)C(=O)O)c1I. The molecule has 0 unspecified atom stereocenters. The number of amides is 2. The lowest BCUT2D eigenvalue weighted by atomic mass is 10.1. The molecule has 8 nitrogen and oxygen atoms in total. The number of imide groups is 1. The molecule has 0 saturated carbocycles. The van der Waals surface area contributed by atoms with Crippen LogP contribution in [0.25, 0.3) is 0 Å². The molecule has 1 rings (SSSR count). The number of ether oxygens (including phenoxy) is 1. The average Bonchev–Trinajstić information content (AvgIpc) is 2.54. The fraction of sp³-hybridized carbons (Fsp3) is 0.286. The van der Waals surface area contributed by atoms with Gasteiger partial charge in [-0.25, -0.2) is 9.69 Å². The Morgan fingerprint density at radius 3 is 2.28 bits per heavy atom. The van der Waals surface area contributed by atoms with Gasteiger partial charge in [0, 0.05) is 26.9 Å². The number of hydrogen-bond acceptors (Lipinski definition) is 6. The Morgan fingerprint density at radius 1 is 1.20 bits per heavy atom. The second kappa shape index (κ2) is 9.96. The number of benzene rings is 1. The van der Waals surface area contributed by atoms with Gasteiger partial charge in [0.25, 0.3) is 5.91 Å². The van der Waals surface area contributed by atoms with Gasteiger partial charge in [0.1, 0.15) is 6.61 Å². The van der Waals surface area contributed by atoms with Crippen LogP contribution in [-0.4, -0.2) is 61.4 Å². The number of methoxy groups -OCH3 is 1. The van der Waals surface area contributed by atoms with Crippen LogP contribution in [-0.2, 0) is 9.53 Å². The summed E-state index contributed by atoms with van der Waals surface area (Å²) in [5.41, 5.74) is 0.774. The van der Waals surface area contributed by atoms with Crippen LogP contribution in [0.2, 0.25) is 0 Å². The Labute approximate surface area is 184 Å². The summed E-state index contributed by atoms with van der Waals surface area (Å²) in [6, 6.07) is 0. The molecule has 0 saturated heterocycles. The third-order valence-corrected chi connectivity index (χ3v) is 6.36. The highest BCUT2D eigenvalue weighted by Gasteiger charge is 2.28. The van der Waals surface area contributed by atoms with Crippen LogP contribution in [0.4, 0.5) is 10.5 Å². The minimum Gasteiger partial charge on any atom is -0.465 e. The maximum absolute atomic E-state index is 12.5. The molecule has 25 heavy (non-hydrogen) atoms. The lowest BCUT2D eigenvalue weighted by Gasteiger charge is -2.19. The summed E-state index contributed by atoms with van der Waals surface area (Å²) in [4.78, 5) is 47.3. The van der Waals surface area contributed by atoms with Gasteiger partial charge >= 0.3 is 6.09 Å².